The highest BCUT2D eigenvalue weighted by atomic mass is 32.1. The third-order valence-electron chi connectivity index (χ3n) is 4.72. The number of methoxy groups -OCH3 is 1. The molecule has 3 amide bonds. The molecule has 0 saturated carbocycles. The van der Waals surface area contributed by atoms with Crippen LogP contribution in [0, 0.1) is 0 Å². The summed E-state index contributed by atoms with van der Waals surface area (Å²) in [7, 11) is 1.66. The van der Waals surface area contributed by atoms with E-state index in [1.807, 2.05) is 35.7 Å². The van der Waals surface area contributed by atoms with Crippen LogP contribution in [-0.4, -0.2) is 56.2 Å². The van der Waals surface area contributed by atoms with E-state index in [1.54, 1.807) is 18.4 Å². The molecule has 0 aliphatic carbocycles. The number of hydrogen-bond acceptors (Lipinski definition) is 6. The molecule has 1 aliphatic heterocycles. The lowest BCUT2D eigenvalue weighted by Gasteiger charge is -2.41. The highest BCUT2D eigenvalue weighted by Gasteiger charge is 2.25. The maximum absolute atomic E-state index is 12.2. The normalized spacial score (nSPS) is 17.2. The summed E-state index contributed by atoms with van der Waals surface area (Å²) in [4.78, 5) is 29.5. The molecule has 8 heteroatoms. The highest BCUT2D eigenvalue weighted by Crippen LogP contribution is 2.24. The number of nitrogens with zero attached hydrogens (tertiary/aromatic N) is 2. The molecule has 28 heavy (non-hydrogen) atoms. The number of urea groups is 1. The first kappa shape index (κ1) is 20.2. The van der Waals surface area contributed by atoms with Gasteiger partial charge in [-0.3, -0.25) is 15.0 Å². The average Bonchev–Trinajstić information content (AvgIpc) is 3.20. The molecule has 0 radical (unpaired) electrons. The monoisotopic (exact) mass is 402 g/mol. The quantitative estimate of drug-likeness (QED) is 0.776. The van der Waals surface area contributed by atoms with E-state index in [0.29, 0.717) is 6.54 Å². The van der Waals surface area contributed by atoms with Gasteiger partial charge in [0.1, 0.15) is 5.75 Å². The van der Waals surface area contributed by atoms with Crippen LogP contribution in [0.15, 0.2) is 41.8 Å². The van der Waals surface area contributed by atoms with Gasteiger partial charge in [-0.05, 0) is 30.5 Å². The van der Waals surface area contributed by atoms with Gasteiger partial charge in [0.05, 0.1) is 20.2 Å². The molecule has 1 saturated heterocycles. The molecule has 0 spiro atoms. The molecule has 1 aromatic carbocycles. The van der Waals surface area contributed by atoms with Crippen LogP contribution >= 0.6 is 11.3 Å². The lowest BCUT2D eigenvalue weighted by atomic mass is 10.1. The maximum atomic E-state index is 12.2. The first-order valence-electron chi connectivity index (χ1n) is 9.28. The lowest BCUT2D eigenvalue weighted by molar-refractivity contribution is -0.121. The van der Waals surface area contributed by atoms with Crippen LogP contribution in [-0.2, 0) is 11.3 Å². The zero-order valence-corrected chi connectivity index (χ0v) is 17.0. The van der Waals surface area contributed by atoms with Crippen LogP contribution in [0.2, 0.25) is 0 Å². The second kappa shape index (κ2) is 9.57. The third kappa shape index (κ3) is 5.46. The van der Waals surface area contributed by atoms with Crippen molar-refractivity contribution >= 4 is 29.0 Å². The van der Waals surface area contributed by atoms with E-state index in [9.17, 15) is 9.59 Å². The third-order valence-corrected chi connectivity index (χ3v) is 5.60. The fourth-order valence-corrected chi connectivity index (χ4v) is 3.99. The van der Waals surface area contributed by atoms with Crippen LogP contribution < -0.4 is 20.3 Å². The predicted molar refractivity (Wildman–Crippen MR) is 111 cm³/mol. The summed E-state index contributed by atoms with van der Waals surface area (Å²) in [6, 6.07) is 11.7. The largest absolute Gasteiger partial charge is 0.497 e. The molecule has 2 heterocycles. The Balaban J connectivity index is 1.44. The molecule has 7 nitrogen and oxygen atoms in total. The van der Waals surface area contributed by atoms with Gasteiger partial charge < -0.3 is 15.0 Å². The Morgan fingerprint density at radius 2 is 2.11 bits per heavy atom. The van der Waals surface area contributed by atoms with Gasteiger partial charge in [0.2, 0.25) is 5.91 Å². The van der Waals surface area contributed by atoms with Crippen LogP contribution in [0.25, 0.3) is 0 Å². The van der Waals surface area contributed by atoms with Gasteiger partial charge in [0, 0.05) is 42.3 Å². The van der Waals surface area contributed by atoms with Gasteiger partial charge in [0.25, 0.3) is 0 Å². The minimum absolute atomic E-state index is 0.211. The standard InChI is InChI=1S/C20H26N4O3S/c1-15-13-23(8-9-24(15)16-5-3-6-17(11-16)27-2)14-19(25)22-20(26)21-12-18-7-4-10-28-18/h3-7,10-11,15H,8-9,12-14H2,1-2H3,(H2,21,22,25,26)/t15-/m1/s1. The Morgan fingerprint density at radius 1 is 1.25 bits per heavy atom. The van der Waals surface area contributed by atoms with E-state index in [-0.39, 0.29) is 18.5 Å². The van der Waals surface area contributed by atoms with Gasteiger partial charge in [-0.25, -0.2) is 4.79 Å². The molecule has 1 atom stereocenters. The number of piperazine rings is 1. The number of rotatable bonds is 6. The molecule has 1 aromatic heterocycles. The number of imide groups is 1. The van der Waals surface area contributed by atoms with Crippen molar-refractivity contribution in [3.05, 3.63) is 46.7 Å². The minimum Gasteiger partial charge on any atom is -0.497 e. The first-order chi connectivity index (χ1) is 13.5. The number of nitrogens with one attached hydrogen (secondary N) is 2. The Kier molecular flexibility index (Phi) is 6.89. The summed E-state index contributed by atoms with van der Waals surface area (Å²) in [5, 5.41) is 7.06. The van der Waals surface area contributed by atoms with E-state index in [0.717, 1.165) is 35.9 Å². The van der Waals surface area contributed by atoms with Crippen molar-refractivity contribution in [2.24, 2.45) is 0 Å². The van der Waals surface area contributed by atoms with Crippen LogP contribution in [0.4, 0.5) is 10.5 Å². The molecular formula is C20H26N4O3S. The summed E-state index contributed by atoms with van der Waals surface area (Å²) in [5.74, 6) is 0.547. The van der Waals surface area contributed by atoms with Crippen molar-refractivity contribution in [1.29, 1.82) is 0 Å². The fraction of sp³-hybridized carbons (Fsp3) is 0.400. The second-order valence-corrected chi connectivity index (χ2v) is 7.82. The van der Waals surface area contributed by atoms with Gasteiger partial charge in [-0.2, -0.15) is 0 Å². The molecule has 3 rings (SSSR count). The van der Waals surface area contributed by atoms with Crippen LogP contribution in [0.1, 0.15) is 11.8 Å². The topological polar surface area (TPSA) is 73.9 Å². The number of carbonyl (C=O) groups is 2. The van der Waals surface area contributed by atoms with E-state index in [2.05, 4.69) is 33.4 Å². The SMILES string of the molecule is COc1cccc(N2CCN(CC(=O)NC(=O)NCc3cccs3)C[C@H]2C)c1. The Hall–Kier alpha value is -2.58. The summed E-state index contributed by atoms with van der Waals surface area (Å²) in [6.45, 7) is 5.09. The summed E-state index contributed by atoms with van der Waals surface area (Å²) >= 11 is 1.56. The summed E-state index contributed by atoms with van der Waals surface area (Å²) < 4.78 is 5.31. The average molecular weight is 403 g/mol. The summed E-state index contributed by atoms with van der Waals surface area (Å²) in [6.07, 6.45) is 0. The van der Waals surface area contributed by atoms with Crippen molar-refractivity contribution in [3.63, 3.8) is 0 Å². The lowest BCUT2D eigenvalue weighted by Crippen LogP contribution is -2.54. The number of anilines is 1. The molecule has 0 bridgehead atoms. The number of thiophene rings is 1. The van der Waals surface area contributed by atoms with E-state index in [1.165, 1.54) is 0 Å². The molecule has 1 aliphatic rings. The van der Waals surface area contributed by atoms with E-state index >= 15 is 0 Å². The van der Waals surface area contributed by atoms with Crippen molar-refractivity contribution in [2.75, 3.05) is 38.2 Å². The fourth-order valence-electron chi connectivity index (χ4n) is 3.34. The number of ether oxygens (including phenoxy) is 1. The smallest absolute Gasteiger partial charge is 0.321 e. The molecule has 150 valence electrons. The van der Waals surface area contributed by atoms with Gasteiger partial charge in [-0.1, -0.05) is 12.1 Å². The van der Waals surface area contributed by atoms with Gasteiger partial charge >= 0.3 is 6.03 Å². The van der Waals surface area contributed by atoms with Gasteiger partial charge in [0.15, 0.2) is 0 Å². The van der Waals surface area contributed by atoms with Crippen molar-refractivity contribution in [1.82, 2.24) is 15.5 Å². The first-order valence-corrected chi connectivity index (χ1v) is 10.2. The molecule has 1 fully saturated rings. The van der Waals surface area contributed by atoms with Gasteiger partial charge in [-0.15, -0.1) is 11.3 Å². The number of amides is 3. The van der Waals surface area contributed by atoms with Crippen molar-refractivity contribution in [3.8, 4) is 5.75 Å². The highest BCUT2D eigenvalue weighted by molar-refractivity contribution is 7.09. The molecule has 2 aromatic rings. The minimum atomic E-state index is -0.457. The van der Waals surface area contributed by atoms with E-state index < -0.39 is 6.03 Å². The predicted octanol–water partition coefficient (Wildman–Crippen LogP) is 2.29. The molecule has 0 unspecified atom stereocenters. The Bertz CT molecular complexity index is 797. The van der Waals surface area contributed by atoms with Crippen molar-refractivity contribution in [2.45, 2.75) is 19.5 Å². The van der Waals surface area contributed by atoms with Crippen LogP contribution in [0.3, 0.4) is 0 Å². The summed E-state index contributed by atoms with van der Waals surface area (Å²) in [5.41, 5.74) is 1.11. The molecule has 2 N–H and O–H groups in total. The maximum Gasteiger partial charge on any atom is 0.321 e. The molecular weight excluding hydrogens is 376 g/mol. The second-order valence-electron chi connectivity index (χ2n) is 6.79. The van der Waals surface area contributed by atoms with E-state index in [4.69, 9.17) is 4.74 Å². The zero-order chi connectivity index (χ0) is 19.9. The number of carbonyl (C=O) groups excluding carboxylic acids is 2. The van der Waals surface area contributed by atoms with Crippen LogP contribution in [0.5, 0.6) is 5.75 Å². The van der Waals surface area contributed by atoms with Crippen molar-refractivity contribution < 1.29 is 14.3 Å². The Labute approximate surface area is 169 Å². The Morgan fingerprint density at radius 3 is 2.82 bits per heavy atom. The number of benzene rings is 1. The zero-order valence-electron chi connectivity index (χ0n) is 16.2. The number of hydrogen-bond donors (Lipinski definition) is 2.